The fourth-order valence-corrected chi connectivity index (χ4v) is 3.08. The van der Waals surface area contributed by atoms with Gasteiger partial charge in [0.2, 0.25) is 0 Å². The van der Waals surface area contributed by atoms with Gasteiger partial charge in [0, 0.05) is 12.3 Å². The number of carbonyl (C=O) groups excluding carboxylic acids is 1. The third kappa shape index (κ3) is 7.18. The molecule has 1 atom stereocenters. The van der Waals surface area contributed by atoms with Gasteiger partial charge >= 0.3 is 0 Å². The van der Waals surface area contributed by atoms with Crippen LogP contribution < -0.4 is 0 Å². The Balaban J connectivity index is 2.31. The van der Waals surface area contributed by atoms with Crippen LogP contribution in [-0.2, 0) is 4.79 Å². The highest BCUT2D eigenvalue weighted by Crippen LogP contribution is 2.20. The van der Waals surface area contributed by atoms with Crippen molar-refractivity contribution in [3.63, 3.8) is 0 Å². The molecule has 1 rings (SSSR count). The molecule has 1 saturated carbocycles. The number of rotatable bonds is 1. The van der Waals surface area contributed by atoms with Crippen LogP contribution in [0.25, 0.3) is 0 Å². The largest absolute Gasteiger partial charge is 0.299 e. The van der Waals surface area contributed by atoms with E-state index < -0.39 is 0 Å². The number of hydrogen-bond acceptors (Lipinski definition) is 1. The molecule has 0 aromatic heterocycles. The number of hydrogen-bond donors (Lipinski definition) is 0. The molecule has 0 N–H and O–H groups in total. The molecule has 0 saturated heterocycles. The monoisotopic (exact) mass is 252 g/mol. The predicted molar refractivity (Wildman–Crippen MR) is 78.8 cm³/mol. The van der Waals surface area contributed by atoms with Crippen LogP contribution in [0.3, 0.4) is 0 Å². The minimum Gasteiger partial charge on any atom is -0.299 e. The maximum Gasteiger partial charge on any atom is 0.135 e. The van der Waals surface area contributed by atoms with Crippen molar-refractivity contribution in [1.29, 1.82) is 0 Å². The molecular weight excluding hydrogens is 220 g/mol. The molecule has 1 aliphatic rings. The average Bonchev–Trinajstić information content (AvgIpc) is 2.39. The number of Topliss-reactive ketones (excluding diaryl/α,β-unsaturated/α-hetero) is 1. The Hall–Kier alpha value is -0.330. The van der Waals surface area contributed by atoms with Gasteiger partial charge in [0.05, 0.1) is 0 Å². The molecule has 1 heteroatoms. The maximum atomic E-state index is 12.1. The van der Waals surface area contributed by atoms with Crippen molar-refractivity contribution in [2.75, 3.05) is 0 Å². The summed E-state index contributed by atoms with van der Waals surface area (Å²) in [6.45, 7) is 2.18. The van der Waals surface area contributed by atoms with E-state index in [2.05, 4.69) is 6.92 Å². The standard InChI is InChI=1S/C17H32O/c1-2-16-14-12-10-8-6-4-3-5-7-9-11-13-15-17(16)18/h16H,2-15H2,1H3. The number of carbonyl (C=O) groups is 1. The summed E-state index contributed by atoms with van der Waals surface area (Å²) in [6, 6.07) is 0. The van der Waals surface area contributed by atoms with Gasteiger partial charge in [-0.25, -0.2) is 0 Å². The van der Waals surface area contributed by atoms with E-state index >= 15 is 0 Å². The molecule has 106 valence electrons. The van der Waals surface area contributed by atoms with Gasteiger partial charge in [-0.05, 0) is 19.3 Å². The van der Waals surface area contributed by atoms with Crippen LogP contribution >= 0.6 is 0 Å². The quantitative estimate of drug-likeness (QED) is 0.588. The molecule has 18 heavy (non-hydrogen) atoms. The Morgan fingerprint density at radius 3 is 1.72 bits per heavy atom. The van der Waals surface area contributed by atoms with Gasteiger partial charge < -0.3 is 0 Å². The summed E-state index contributed by atoms with van der Waals surface area (Å²) in [6.07, 6.45) is 17.8. The van der Waals surface area contributed by atoms with Crippen LogP contribution in [0, 0.1) is 5.92 Å². The average molecular weight is 252 g/mol. The Morgan fingerprint density at radius 2 is 1.22 bits per heavy atom. The van der Waals surface area contributed by atoms with Gasteiger partial charge in [-0.15, -0.1) is 0 Å². The molecule has 0 bridgehead atoms. The van der Waals surface area contributed by atoms with E-state index in [1.807, 2.05) is 0 Å². The molecule has 1 aliphatic carbocycles. The Kier molecular flexibility index (Phi) is 9.24. The normalized spacial score (nSPS) is 26.3. The zero-order valence-electron chi connectivity index (χ0n) is 12.4. The van der Waals surface area contributed by atoms with Crippen LogP contribution in [0.4, 0.5) is 0 Å². The first-order valence-electron chi connectivity index (χ1n) is 8.37. The van der Waals surface area contributed by atoms with Gasteiger partial charge in [-0.2, -0.15) is 0 Å². The SMILES string of the molecule is CCC1CCCCCCCCCCCCCC1=O. The second-order valence-electron chi connectivity index (χ2n) is 6.00. The third-order valence-electron chi connectivity index (χ3n) is 4.42. The molecule has 0 amide bonds. The predicted octanol–water partition coefficient (Wildman–Crippen LogP) is 5.67. The molecule has 0 aromatic carbocycles. The summed E-state index contributed by atoms with van der Waals surface area (Å²) in [5, 5.41) is 0. The van der Waals surface area contributed by atoms with E-state index in [1.165, 1.54) is 64.2 Å². The van der Waals surface area contributed by atoms with E-state index in [9.17, 15) is 4.79 Å². The molecule has 1 fully saturated rings. The van der Waals surface area contributed by atoms with Crippen molar-refractivity contribution in [2.24, 2.45) is 5.92 Å². The highest BCUT2D eigenvalue weighted by Gasteiger charge is 2.15. The summed E-state index contributed by atoms with van der Waals surface area (Å²) < 4.78 is 0. The maximum absolute atomic E-state index is 12.1. The summed E-state index contributed by atoms with van der Waals surface area (Å²) >= 11 is 0. The second-order valence-corrected chi connectivity index (χ2v) is 6.00. The first-order valence-corrected chi connectivity index (χ1v) is 8.37. The topological polar surface area (TPSA) is 17.1 Å². The van der Waals surface area contributed by atoms with E-state index in [0.29, 0.717) is 11.7 Å². The lowest BCUT2D eigenvalue weighted by Crippen LogP contribution is -2.13. The minimum absolute atomic E-state index is 0.370. The lowest BCUT2D eigenvalue weighted by atomic mass is 9.91. The van der Waals surface area contributed by atoms with Crippen LogP contribution in [0.1, 0.15) is 96.8 Å². The van der Waals surface area contributed by atoms with Crippen molar-refractivity contribution >= 4 is 5.78 Å². The van der Waals surface area contributed by atoms with Gasteiger partial charge in [0.25, 0.3) is 0 Å². The molecule has 0 aromatic rings. The summed E-state index contributed by atoms with van der Waals surface area (Å²) in [5.41, 5.74) is 0. The minimum atomic E-state index is 0.370. The third-order valence-corrected chi connectivity index (χ3v) is 4.42. The Morgan fingerprint density at radius 1 is 0.778 bits per heavy atom. The van der Waals surface area contributed by atoms with Gasteiger partial charge in [0.15, 0.2) is 0 Å². The Bertz CT molecular complexity index is 210. The van der Waals surface area contributed by atoms with Gasteiger partial charge in [-0.3, -0.25) is 4.79 Å². The zero-order valence-corrected chi connectivity index (χ0v) is 12.4. The van der Waals surface area contributed by atoms with Crippen LogP contribution in [0.2, 0.25) is 0 Å². The van der Waals surface area contributed by atoms with Crippen molar-refractivity contribution in [1.82, 2.24) is 0 Å². The van der Waals surface area contributed by atoms with Crippen molar-refractivity contribution in [3.8, 4) is 0 Å². The van der Waals surface area contributed by atoms with Crippen LogP contribution in [0.15, 0.2) is 0 Å². The van der Waals surface area contributed by atoms with E-state index in [0.717, 1.165) is 25.7 Å². The summed E-state index contributed by atoms with van der Waals surface area (Å²) in [7, 11) is 0. The first-order chi connectivity index (χ1) is 8.84. The molecule has 0 aliphatic heterocycles. The van der Waals surface area contributed by atoms with Crippen molar-refractivity contribution in [2.45, 2.75) is 96.8 Å². The molecule has 1 nitrogen and oxygen atoms in total. The smallest absolute Gasteiger partial charge is 0.135 e. The van der Waals surface area contributed by atoms with Gasteiger partial charge in [0.1, 0.15) is 5.78 Å². The van der Waals surface area contributed by atoms with Crippen LogP contribution in [-0.4, -0.2) is 5.78 Å². The first kappa shape index (κ1) is 15.7. The molecular formula is C17H32O. The molecule has 0 spiro atoms. The lowest BCUT2D eigenvalue weighted by molar-refractivity contribution is -0.123. The zero-order chi connectivity index (χ0) is 13.1. The molecule has 0 heterocycles. The highest BCUT2D eigenvalue weighted by atomic mass is 16.1. The molecule has 1 unspecified atom stereocenters. The van der Waals surface area contributed by atoms with Crippen molar-refractivity contribution < 1.29 is 4.79 Å². The van der Waals surface area contributed by atoms with E-state index in [-0.39, 0.29) is 0 Å². The van der Waals surface area contributed by atoms with Crippen molar-refractivity contribution in [3.05, 3.63) is 0 Å². The molecule has 0 radical (unpaired) electrons. The van der Waals surface area contributed by atoms with E-state index in [1.54, 1.807) is 0 Å². The lowest BCUT2D eigenvalue weighted by Gasteiger charge is -2.13. The Labute approximate surface area is 114 Å². The summed E-state index contributed by atoms with van der Waals surface area (Å²) in [4.78, 5) is 12.1. The fourth-order valence-electron chi connectivity index (χ4n) is 3.08. The van der Waals surface area contributed by atoms with E-state index in [4.69, 9.17) is 0 Å². The summed E-state index contributed by atoms with van der Waals surface area (Å²) in [5.74, 6) is 0.919. The highest BCUT2D eigenvalue weighted by molar-refractivity contribution is 5.80. The number of ketones is 1. The second kappa shape index (κ2) is 10.6. The fraction of sp³-hybridized carbons (Fsp3) is 0.941. The van der Waals surface area contributed by atoms with Crippen LogP contribution in [0.5, 0.6) is 0 Å². The van der Waals surface area contributed by atoms with Gasteiger partial charge in [-0.1, -0.05) is 71.1 Å².